The van der Waals surface area contributed by atoms with Crippen LogP contribution in [0.2, 0.25) is 0 Å². The Balaban J connectivity index is 2.06. The molecule has 0 saturated carbocycles. The maximum Gasteiger partial charge on any atom is 0.274 e. The standard InChI is InChI=1S/C17H14N2O3/c1-11-15(12-7-9-14(10-8-12)17(20)18-21)16(19-22-11)13-5-3-2-4-6-13/h2-10,21H,1H3,(H,18,20). The highest BCUT2D eigenvalue weighted by Gasteiger charge is 2.16. The first-order chi connectivity index (χ1) is 10.7. The number of amides is 1. The lowest BCUT2D eigenvalue weighted by molar-refractivity contribution is 0.0706. The summed E-state index contributed by atoms with van der Waals surface area (Å²) < 4.78 is 5.33. The van der Waals surface area contributed by atoms with Crippen LogP contribution in [0.1, 0.15) is 16.1 Å². The molecule has 1 heterocycles. The van der Waals surface area contributed by atoms with Gasteiger partial charge in [0.1, 0.15) is 11.5 Å². The van der Waals surface area contributed by atoms with Gasteiger partial charge in [0, 0.05) is 11.1 Å². The van der Waals surface area contributed by atoms with Gasteiger partial charge < -0.3 is 4.52 Å². The molecule has 0 saturated heterocycles. The molecule has 2 N–H and O–H groups in total. The van der Waals surface area contributed by atoms with Crippen molar-refractivity contribution in [3.8, 4) is 22.4 Å². The fourth-order valence-corrected chi connectivity index (χ4v) is 2.36. The molecule has 2 aromatic carbocycles. The summed E-state index contributed by atoms with van der Waals surface area (Å²) in [5.41, 5.74) is 5.50. The molecule has 5 heteroatoms. The number of carbonyl (C=O) groups excluding carboxylic acids is 1. The van der Waals surface area contributed by atoms with E-state index in [1.54, 1.807) is 29.7 Å². The van der Waals surface area contributed by atoms with E-state index in [-0.39, 0.29) is 0 Å². The van der Waals surface area contributed by atoms with Crippen molar-refractivity contribution >= 4 is 5.91 Å². The van der Waals surface area contributed by atoms with Gasteiger partial charge in [-0.05, 0) is 24.6 Å². The van der Waals surface area contributed by atoms with E-state index in [0.717, 1.165) is 22.4 Å². The molecule has 5 nitrogen and oxygen atoms in total. The molecule has 1 aromatic heterocycles. The second-order valence-electron chi connectivity index (χ2n) is 4.85. The van der Waals surface area contributed by atoms with Gasteiger partial charge in [-0.2, -0.15) is 0 Å². The largest absolute Gasteiger partial charge is 0.360 e. The SMILES string of the molecule is Cc1onc(-c2ccccc2)c1-c1ccc(C(=O)NO)cc1. The number of nitrogens with zero attached hydrogens (tertiary/aromatic N) is 1. The van der Waals surface area contributed by atoms with Crippen LogP contribution < -0.4 is 5.48 Å². The van der Waals surface area contributed by atoms with Crippen LogP contribution in [0.4, 0.5) is 0 Å². The first kappa shape index (κ1) is 14.0. The van der Waals surface area contributed by atoms with Crippen molar-refractivity contribution in [2.24, 2.45) is 0 Å². The van der Waals surface area contributed by atoms with E-state index < -0.39 is 5.91 Å². The maximum absolute atomic E-state index is 11.4. The number of hydrogen-bond acceptors (Lipinski definition) is 4. The minimum atomic E-state index is -0.545. The summed E-state index contributed by atoms with van der Waals surface area (Å²) in [6.07, 6.45) is 0. The Bertz CT molecular complexity index is 793. The van der Waals surface area contributed by atoms with E-state index in [9.17, 15) is 4.79 Å². The van der Waals surface area contributed by atoms with Crippen LogP contribution in [0.25, 0.3) is 22.4 Å². The number of hydrogen-bond donors (Lipinski definition) is 2. The monoisotopic (exact) mass is 294 g/mol. The zero-order valence-electron chi connectivity index (χ0n) is 11.9. The van der Waals surface area contributed by atoms with Crippen molar-refractivity contribution in [1.29, 1.82) is 0 Å². The lowest BCUT2D eigenvalue weighted by atomic mass is 9.98. The third kappa shape index (κ3) is 2.49. The summed E-state index contributed by atoms with van der Waals surface area (Å²) in [4.78, 5) is 11.4. The van der Waals surface area contributed by atoms with E-state index >= 15 is 0 Å². The lowest BCUT2D eigenvalue weighted by Crippen LogP contribution is -2.18. The molecule has 0 aliphatic carbocycles. The first-order valence-electron chi connectivity index (χ1n) is 6.77. The normalized spacial score (nSPS) is 10.5. The summed E-state index contributed by atoms with van der Waals surface area (Å²) in [7, 11) is 0. The Kier molecular flexibility index (Phi) is 3.72. The second-order valence-corrected chi connectivity index (χ2v) is 4.85. The molecule has 3 aromatic rings. The average molecular weight is 294 g/mol. The minimum Gasteiger partial charge on any atom is -0.360 e. The van der Waals surface area contributed by atoms with Crippen LogP contribution >= 0.6 is 0 Å². The van der Waals surface area contributed by atoms with Gasteiger partial charge in [-0.3, -0.25) is 10.0 Å². The van der Waals surface area contributed by atoms with E-state index in [1.807, 2.05) is 37.3 Å². The summed E-state index contributed by atoms with van der Waals surface area (Å²) in [5, 5.41) is 12.8. The number of hydroxylamine groups is 1. The summed E-state index contributed by atoms with van der Waals surface area (Å²) in [6.45, 7) is 1.85. The molecule has 1 amide bonds. The molecular formula is C17H14N2O3. The molecule has 0 fully saturated rings. The van der Waals surface area contributed by atoms with Crippen LogP contribution in [0, 0.1) is 6.92 Å². The van der Waals surface area contributed by atoms with Gasteiger partial charge in [-0.25, -0.2) is 5.48 Å². The molecule has 3 rings (SSSR count). The summed E-state index contributed by atoms with van der Waals surface area (Å²) in [5.74, 6) is 0.162. The van der Waals surface area contributed by atoms with Crippen molar-refractivity contribution in [2.75, 3.05) is 0 Å². The van der Waals surface area contributed by atoms with Crippen LogP contribution in [0.5, 0.6) is 0 Å². The topological polar surface area (TPSA) is 75.4 Å². The van der Waals surface area contributed by atoms with E-state index in [0.29, 0.717) is 11.3 Å². The second kappa shape index (κ2) is 5.83. The molecule has 0 unspecified atom stereocenters. The van der Waals surface area contributed by atoms with Crippen LogP contribution in [0.15, 0.2) is 59.1 Å². The average Bonchev–Trinajstić information content (AvgIpc) is 2.96. The molecule has 0 spiro atoms. The smallest absolute Gasteiger partial charge is 0.274 e. The minimum absolute atomic E-state index is 0.376. The Morgan fingerprint density at radius 3 is 2.36 bits per heavy atom. The highest BCUT2D eigenvalue weighted by molar-refractivity contribution is 5.94. The summed E-state index contributed by atoms with van der Waals surface area (Å²) >= 11 is 0. The Morgan fingerprint density at radius 1 is 1.05 bits per heavy atom. The Labute approximate surface area is 127 Å². The predicted molar refractivity (Wildman–Crippen MR) is 81.4 cm³/mol. The van der Waals surface area contributed by atoms with E-state index in [2.05, 4.69) is 5.16 Å². The molecule has 0 aliphatic rings. The molecule has 0 radical (unpaired) electrons. The quantitative estimate of drug-likeness (QED) is 0.573. The first-order valence-corrected chi connectivity index (χ1v) is 6.77. The Morgan fingerprint density at radius 2 is 1.73 bits per heavy atom. The third-order valence-corrected chi connectivity index (χ3v) is 3.45. The number of benzene rings is 2. The molecular weight excluding hydrogens is 280 g/mol. The number of carbonyl (C=O) groups is 1. The highest BCUT2D eigenvalue weighted by Crippen LogP contribution is 2.34. The fraction of sp³-hybridized carbons (Fsp3) is 0.0588. The molecule has 110 valence electrons. The van der Waals surface area contributed by atoms with Gasteiger partial charge in [0.15, 0.2) is 0 Å². The number of aryl methyl sites for hydroxylation is 1. The van der Waals surface area contributed by atoms with Gasteiger partial charge in [-0.1, -0.05) is 47.6 Å². The molecule has 22 heavy (non-hydrogen) atoms. The van der Waals surface area contributed by atoms with Crippen LogP contribution in [-0.4, -0.2) is 16.3 Å². The predicted octanol–water partition coefficient (Wildman–Crippen LogP) is 3.44. The molecule has 0 atom stereocenters. The maximum atomic E-state index is 11.4. The molecule has 0 aliphatic heterocycles. The highest BCUT2D eigenvalue weighted by atomic mass is 16.5. The van der Waals surface area contributed by atoms with Gasteiger partial charge in [0.05, 0.1) is 5.56 Å². The number of nitrogens with one attached hydrogen (secondary N) is 1. The number of rotatable bonds is 3. The van der Waals surface area contributed by atoms with Crippen molar-refractivity contribution in [3.05, 3.63) is 65.9 Å². The van der Waals surface area contributed by atoms with Crippen LogP contribution in [0.3, 0.4) is 0 Å². The number of aromatic nitrogens is 1. The Hall–Kier alpha value is -2.92. The van der Waals surface area contributed by atoms with E-state index in [1.165, 1.54) is 0 Å². The van der Waals surface area contributed by atoms with Crippen molar-refractivity contribution < 1.29 is 14.5 Å². The van der Waals surface area contributed by atoms with Crippen molar-refractivity contribution in [2.45, 2.75) is 6.92 Å². The zero-order chi connectivity index (χ0) is 15.5. The van der Waals surface area contributed by atoms with Crippen molar-refractivity contribution in [3.63, 3.8) is 0 Å². The summed E-state index contributed by atoms with van der Waals surface area (Å²) in [6, 6.07) is 16.6. The van der Waals surface area contributed by atoms with E-state index in [4.69, 9.17) is 9.73 Å². The van der Waals surface area contributed by atoms with Gasteiger partial charge in [0.25, 0.3) is 5.91 Å². The van der Waals surface area contributed by atoms with Crippen molar-refractivity contribution in [1.82, 2.24) is 10.6 Å². The fourth-order valence-electron chi connectivity index (χ4n) is 2.36. The zero-order valence-corrected chi connectivity index (χ0v) is 11.9. The third-order valence-electron chi connectivity index (χ3n) is 3.45. The lowest BCUT2D eigenvalue weighted by Gasteiger charge is -2.04. The molecule has 0 bridgehead atoms. The van der Waals surface area contributed by atoms with Gasteiger partial charge in [-0.15, -0.1) is 0 Å². The van der Waals surface area contributed by atoms with Gasteiger partial charge >= 0.3 is 0 Å². The van der Waals surface area contributed by atoms with Crippen LogP contribution in [-0.2, 0) is 0 Å². The van der Waals surface area contributed by atoms with Gasteiger partial charge in [0.2, 0.25) is 0 Å².